The van der Waals surface area contributed by atoms with Crippen molar-refractivity contribution in [3.05, 3.63) is 53.9 Å². The summed E-state index contributed by atoms with van der Waals surface area (Å²) in [4.78, 5) is 12.9. The van der Waals surface area contributed by atoms with E-state index in [0.717, 1.165) is 28.1 Å². The molecule has 0 spiro atoms. The Balaban J connectivity index is 1.81. The van der Waals surface area contributed by atoms with Gasteiger partial charge in [-0.05, 0) is 48.0 Å². The topological polar surface area (TPSA) is 50.7 Å². The average Bonchev–Trinajstić information content (AvgIpc) is 2.95. The number of hydrogen-bond donors (Lipinski definition) is 1. The Bertz CT molecular complexity index is 945. The summed E-state index contributed by atoms with van der Waals surface area (Å²) in [5.74, 6) is 0.806. The molecule has 0 bridgehead atoms. The number of fused-ring (bicyclic) bond motifs is 2. The molecule has 4 rings (SSSR count). The Kier molecular flexibility index (Phi) is 2.79. The van der Waals surface area contributed by atoms with Crippen LogP contribution in [-0.4, -0.2) is 15.0 Å². The highest BCUT2D eigenvalue weighted by Gasteiger charge is 2.05. The monoisotopic (exact) mass is 292 g/mol. The van der Waals surface area contributed by atoms with Gasteiger partial charge in [-0.2, -0.15) is 0 Å². The van der Waals surface area contributed by atoms with Crippen LogP contribution in [0.25, 0.3) is 21.0 Å². The Morgan fingerprint density at radius 1 is 1.05 bits per heavy atom. The van der Waals surface area contributed by atoms with Gasteiger partial charge in [0.15, 0.2) is 0 Å². The van der Waals surface area contributed by atoms with Crippen molar-refractivity contribution in [3.63, 3.8) is 0 Å². The van der Waals surface area contributed by atoms with Gasteiger partial charge in [0, 0.05) is 21.5 Å². The van der Waals surface area contributed by atoms with Crippen LogP contribution in [0.5, 0.6) is 0 Å². The Labute approximate surface area is 125 Å². The third kappa shape index (κ3) is 2.21. The molecule has 1 N–H and O–H groups in total. The van der Waals surface area contributed by atoms with E-state index in [1.54, 1.807) is 23.9 Å². The fourth-order valence-corrected chi connectivity index (χ4v) is 3.12. The molecule has 4 nitrogen and oxygen atoms in total. The van der Waals surface area contributed by atoms with Gasteiger partial charge in [0.2, 0.25) is 0 Å². The van der Waals surface area contributed by atoms with E-state index in [0.29, 0.717) is 0 Å². The molecular weight excluding hydrogens is 280 g/mol. The van der Waals surface area contributed by atoms with Gasteiger partial charge in [-0.15, -0.1) is 11.3 Å². The number of pyridine rings is 1. The Morgan fingerprint density at radius 2 is 2.00 bits per heavy atom. The van der Waals surface area contributed by atoms with Crippen LogP contribution in [0.3, 0.4) is 0 Å². The predicted octanol–water partition coefficient (Wildman–Crippen LogP) is 4.29. The number of aromatic nitrogens is 3. The number of rotatable bonds is 2. The average molecular weight is 292 g/mol. The number of nitrogens with zero attached hydrogens (tertiary/aromatic N) is 3. The second-order valence-corrected chi connectivity index (χ2v) is 5.81. The molecule has 1 aromatic carbocycles. The smallest absolute Gasteiger partial charge is 0.141 e. The van der Waals surface area contributed by atoms with Crippen molar-refractivity contribution in [3.8, 4) is 0 Å². The van der Waals surface area contributed by atoms with E-state index in [9.17, 15) is 0 Å². The van der Waals surface area contributed by atoms with E-state index in [2.05, 4.69) is 49.9 Å². The highest BCUT2D eigenvalue weighted by Crippen LogP contribution is 2.27. The summed E-state index contributed by atoms with van der Waals surface area (Å²) in [6, 6.07) is 10.4. The number of benzene rings is 1. The van der Waals surface area contributed by atoms with Crippen LogP contribution >= 0.6 is 11.3 Å². The summed E-state index contributed by atoms with van der Waals surface area (Å²) in [6.07, 6.45) is 3.34. The fourth-order valence-electron chi connectivity index (χ4n) is 2.34. The number of aryl methyl sites for hydroxylation is 1. The van der Waals surface area contributed by atoms with Crippen molar-refractivity contribution in [2.24, 2.45) is 0 Å². The molecule has 0 aliphatic heterocycles. The van der Waals surface area contributed by atoms with Crippen LogP contribution < -0.4 is 5.32 Å². The zero-order valence-corrected chi connectivity index (χ0v) is 12.2. The first-order valence-electron chi connectivity index (χ1n) is 6.61. The van der Waals surface area contributed by atoms with Gasteiger partial charge in [0.05, 0.1) is 11.7 Å². The lowest BCUT2D eigenvalue weighted by molar-refractivity contribution is 1.17. The summed E-state index contributed by atoms with van der Waals surface area (Å²) in [5.41, 5.74) is 2.82. The van der Waals surface area contributed by atoms with Gasteiger partial charge in [-0.1, -0.05) is 0 Å². The van der Waals surface area contributed by atoms with Crippen molar-refractivity contribution >= 4 is 43.8 Å². The zero-order valence-electron chi connectivity index (χ0n) is 11.4. The number of anilines is 2. The third-order valence-corrected chi connectivity index (χ3v) is 4.27. The lowest BCUT2D eigenvalue weighted by Crippen LogP contribution is -1.96. The standard InChI is InChI=1S/C16H12N4S/c1-10-6-13-14(8-17-10)18-9-19-16(13)20-12-2-3-15-11(7-12)4-5-21-15/h2-9H,1H3,(H,18,19,20). The van der Waals surface area contributed by atoms with Crippen molar-refractivity contribution in [1.82, 2.24) is 15.0 Å². The van der Waals surface area contributed by atoms with Gasteiger partial charge < -0.3 is 5.32 Å². The van der Waals surface area contributed by atoms with E-state index in [1.165, 1.54) is 10.1 Å². The van der Waals surface area contributed by atoms with Crippen molar-refractivity contribution in [2.75, 3.05) is 5.32 Å². The molecular formula is C16H12N4S. The molecule has 0 radical (unpaired) electrons. The molecule has 0 unspecified atom stereocenters. The van der Waals surface area contributed by atoms with Gasteiger partial charge in [0.1, 0.15) is 12.1 Å². The molecule has 21 heavy (non-hydrogen) atoms. The highest BCUT2D eigenvalue weighted by atomic mass is 32.1. The first kappa shape index (κ1) is 12.2. The second-order valence-electron chi connectivity index (χ2n) is 4.86. The molecule has 0 atom stereocenters. The van der Waals surface area contributed by atoms with Gasteiger partial charge in [-0.25, -0.2) is 9.97 Å². The number of nitrogens with one attached hydrogen (secondary N) is 1. The summed E-state index contributed by atoms with van der Waals surface area (Å²) >= 11 is 1.75. The summed E-state index contributed by atoms with van der Waals surface area (Å²) in [5, 5.41) is 7.70. The minimum atomic E-state index is 0.806. The zero-order chi connectivity index (χ0) is 14.2. The van der Waals surface area contributed by atoms with E-state index in [4.69, 9.17) is 0 Å². The number of hydrogen-bond acceptors (Lipinski definition) is 5. The fraction of sp³-hybridized carbons (Fsp3) is 0.0625. The lowest BCUT2D eigenvalue weighted by atomic mass is 10.2. The van der Waals surface area contributed by atoms with E-state index < -0.39 is 0 Å². The maximum absolute atomic E-state index is 4.36. The third-order valence-electron chi connectivity index (χ3n) is 3.37. The molecule has 3 aromatic heterocycles. The van der Waals surface area contributed by atoms with Crippen LogP contribution in [0.2, 0.25) is 0 Å². The van der Waals surface area contributed by atoms with E-state index in [-0.39, 0.29) is 0 Å². The molecule has 0 saturated carbocycles. The maximum Gasteiger partial charge on any atom is 0.141 e. The molecule has 5 heteroatoms. The molecule has 102 valence electrons. The second kappa shape index (κ2) is 4.79. The molecule has 0 saturated heterocycles. The molecule has 0 amide bonds. The molecule has 0 aliphatic carbocycles. The normalized spacial score (nSPS) is 11.1. The molecule has 0 fully saturated rings. The van der Waals surface area contributed by atoms with Crippen LogP contribution in [0.15, 0.2) is 48.2 Å². The van der Waals surface area contributed by atoms with Crippen LogP contribution in [0.1, 0.15) is 5.69 Å². The van der Waals surface area contributed by atoms with E-state index >= 15 is 0 Å². The summed E-state index contributed by atoms with van der Waals surface area (Å²) < 4.78 is 1.29. The molecule has 0 aliphatic rings. The van der Waals surface area contributed by atoms with Crippen LogP contribution in [0.4, 0.5) is 11.5 Å². The minimum Gasteiger partial charge on any atom is -0.340 e. The van der Waals surface area contributed by atoms with Gasteiger partial charge >= 0.3 is 0 Å². The van der Waals surface area contributed by atoms with Crippen LogP contribution in [-0.2, 0) is 0 Å². The van der Waals surface area contributed by atoms with Gasteiger partial charge in [0.25, 0.3) is 0 Å². The summed E-state index contributed by atoms with van der Waals surface area (Å²) in [7, 11) is 0. The van der Waals surface area contributed by atoms with Gasteiger partial charge in [-0.3, -0.25) is 4.98 Å². The molecule has 4 aromatic rings. The first-order chi connectivity index (χ1) is 10.3. The maximum atomic E-state index is 4.36. The quantitative estimate of drug-likeness (QED) is 0.598. The largest absolute Gasteiger partial charge is 0.340 e. The van der Waals surface area contributed by atoms with Crippen molar-refractivity contribution in [2.45, 2.75) is 6.92 Å². The Hall–Kier alpha value is -2.53. The van der Waals surface area contributed by atoms with E-state index in [1.807, 2.05) is 13.0 Å². The predicted molar refractivity (Wildman–Crippen MR) is 87.2 cm³/mol. The van der Waals surface area contributed by atoms with Crippen molar-refractivity contribution in [1.29, 1.82) is 0 Å². The molecule has 3 heterocycles. The SMILES string of the molecule is Cc1cc2c(Nc3ccc4sccc4c3)ncnc2cn1. The number of thiophene rings is 1. The lowest BCUT2D eigenvalue weighted by Gasteiger charge is -2.08. The highest BCUT2D eigenvalue weighted by molar-refractivity contribution is 7.17. The van der Waals surface area contributed by atoms with Crippen molar-refractivity contribution < 1.29 is 0 Å². The Morgan fingerprint density at radius 3 is 2.95 bits per heavy atom. The van der Waals surface area contributed by atoms with Crippen LogP contribution in [0, 0.1) is 6.92 Å². The first-order valence-corrected chi connectivity index (χ1v) is 7.49. The minimum absolute atomic E-state index is 0.806. The summed E-state index contributed by atoms with van der Waals surface area (Å²) in [6.45, 7) is 1.97.